The largest absolute Gasteiger partial charge is 0.397 e. The highest BCUT2D eigenvalue weighted by Crippen LogP contribution is 2.26. The molecule has 0 amide bonds. The van der Waals surface area contributed by atoms with Crippen LogP contribution in [0.1, 0.15) is 31.2 Å². The molecular formula is C12H19N3. The van der Waals surface area contributed by atoms with E-state index in [1.807, 2.05) is 6.92 Å². The molecule has 15 heavy (non-hydrogen) atoms. The predicted molar refractivity (Wildman–Crippen MR) is 64.0 cm³/mol. The van der Waals surface area contributed by atoms with Crippen molar-refractivity contribution in [2.24, 2.45) is 0 Å². The van der Waals surface area contributed by atoms with Gasteiger partial charge in [0.2, 0.25) is 0 Å². The van der Waals surface area contributed by atoms with Crippen molar-refractivity contribution in [3.05, 3.63) is 17.8 Å². The molecule has 1 aliphatic rings. The molecule has 82 valence electrons. The third-order valence-electron chi connectivity index (χ3n) is 3.37. The van der Waals surface area contributed by atoms with Gasteiger partial charge in [-0.05, 0) is 31.4 Å². The fourth-order valence-corrected chi connectivity index (χ4v) is 2.22. The Kier molecular flexibility index (Phi) is 2.80. The van der Waals surface area contributed by atoms with Gasteiger partial charge in [-0.25, -0.2) is 4.98 Å². The van der Waals surface area contributed by atoms with Gasteiger partial charge in [-0.1, -0.05) is 12.8 Å². The van der Waals surface area contributed by atoms with Gasteiger partial charge in [0.25, 0.3) is 0 Å². The smallest absolute Gasteiger partial charge is 0.128 e. The van der Waals surface area contributed by atoms with E-state index in [1.165, 1.54) is 25.7 Å². The van der Waals surface area contributed by atoms with Gasteiger partial charge in [-0.2, -0.15) is 0 Å². The molecule has 3 heteroatoms. The fraction of sp³-hybridized carbons (Fsp3) is 0.583. The number of aromatic nitrogens is 1. The molecular weight excluding hydrogens is 186 g/mol. The lowest BCUT2D eigenvalue weighted by atomic mass is 10.2. The van der Waals surface area contributed by atoms with Gasteiger partial charge in [0, 0.05) is 13.1 Å². The number of pyridine rings is 1. The van der Waals surface area contributed by atoms with Crippen LogP contribution in [-0.4, -0.2) is 18.1 Å². The average Bonchev–Trinajstić information content (AvgIpc) is 2.74. The molecule has 0 saturated heterocycles. The maximum atomic E-state index is 5.76. The Morgan fingerprint density at radius 2 is 2.07 bits per heavy atom. The molecule has 0 radical (unpaired) electrons. The molecule has 1 aromatic rings. The van der Waals surface area contributed by atoms with E-state index in [9.17, 15) is 0 Å². The third kappa shape index (κ3) is 2.06. The normalized spacial score (nSPS) is 16.9. The second-order valence-corrected chi connectivity index (χ2v) is 4.45. The molecule has 2 N–H and O–H groups in total. The zero-order valence-electron chi connectivity index (χ0n) is 9.53. The van der Waals surface area contributed by atoms with Crippen LogP contribution < -0.4 is 10.6 Å². The summed E-state index contributed by atoms with van der Waals surface area (Å²) in [5, 5.41) is 0. The van der Waals surface area contributed by atoms with Crippen LogP contribution in [0.3, 0.4) is 0 Å². The van der Waals surface area contributed by atoms with Crippen molar-refractivity contribution in [1.29, 1.82) is 0 Å². The van der Waals surface area contributed by atoms with Crippen LogP contribution in [0.2, 0.25) is 0 Å². The maximum absolute atomic E-state index is 5.76. The van der Waals surface area contributed by atoms with Crippen molar-refractivity contribution in [3.63, 3.8) is 0 Å². The van der Waals surface area contributed by atoms with Gasteiger partial charge in [-0.3, -0.25) is 0 Å². The first-order chi connectivity index (χ1) is 7.18. The molecule has 0 spiro atoms. The van der Waals surface area contributed by atoms with Crippen LogP contribution in [-0.2, 0) is 0 Å². The van der Waals surface area contributed by atoms with Crippen molar-refractivity contribution in [2.45, 2.75) is 38.6 Å². The second-order valence-electron chi connectivity index (χ2n) is 4.45. The molecule has 0 aliphatic heterocycles. The summed E-state index contributed by atoms with van der Waals surface area (Å²) in [6, 6.07) is 2.74. The zero-order valence-corrected chi connectivity index (χ0v) is 9.53. The summed E-state index contributed by atoms with van der Waals surface area (Å²) >= 11 is 0. The van der Waals surface area contributed by atoms with Crippen LogP contribution >= 0.6 is 0 Å². The third-order valence-corrected chi connectivity index (χ3v) is 3.37. The molecule has 0 atom stereocenters. The number of nitrogen functional groups attached to an aromatic ring is 1. The Morgan fingerprint density at radius 1 is 1.40 bits per heavy atom. The highest BCUT2D eigenvalue weighted by molar-refractivity contribution is 5.52. The molecule has 1 aromatic heterocycles. The lowest BCUT2D eigenvalue weighted by molar-refractivity contribution is 0.646. The lowest BCUT2D eigenvalue weighted by Gasteiger charge is -2.25. The number of nitrogens with two attached hydrogens (primary N) is 1. The van der Waals surface area contributed by atoms with Gasteiger partial charge in [-0.15, -0.1) is 0 Å². The minimum Gasteiger partial charge on any atom is -0.397 e. The SMILES string of the molecule is Cc1cc(N(C)C2CCCC2)ncc1N. The Hall–Kier alpha value is -1.25. The molecule has 2 rings (SSSR count). The van der Waals surface area contributed by atoms with Crippen LogP contribution in [0.4, 0.5) is 11.5 Å². The van der Waals surface area contributed by atoms with Gasteiger partial charge in [0.1, 0.15) is 5.82 Å². The summed E-state index contributed by atoms with van der Waals surface area (Å²) in [5.74, 6) is 1.05. The highest BCUT2D eigenvalue weighted by atomic mass is 15.2. The number of hydrogen-bond donors (Lipinski definition) is 1. The number of rotatable bonds is 2. The minimum absolute atomic E-state index is 0.667. The quantitative estimate of drug-likeness (QED) is 0.806. The average molecular weight is 205 g/mol. The first-order valence-electron chi connectivity index (χ1n) is 5.63. The van der Waals surface area contributed by atoms with Crippen LogP contribution in [0.15, 0.2) is 12.3 Å². The highest BCUT2D eigenvalue weighted by Gasteiger charge is 2.20. The molecule has 0 unspecified atom stereocenters. The summed E-state index contributed by atoms with van der Waals surface area (Å²) < 4.78 is 0. The van der Waals surface area contributed by atoms with Crippen molar-refractivity contribution in [1.82, 2.24) is 4.98 Å². The second kappa shape index (κ2) is 4.09. The van der Waals surface area contributed by atoms with Crippen LogP contribution in [0.25, 0.3) is 0 Å². The number of aryl methyl sites for hydroxylation is 1. The molecule has 1 aliphatic carbocycles. The van der Waals surface area contributed by atoms with Crippen molar-refractivity contribution < 1.29 is 0 Å². The van der Waals surface area contributed by atoms with E-state index in [2.05, 4.69) is 23.0 Å². The van der Waals surface area contributed by atoms with E-state index in [0.717, 1.165) is 17.1 Å². The Balaban J connectivity index is 2.17. The van der Waals surface area contributed by atoms with E-state index >= 15 is 0 Å². The van der Waals surface area contributed by atoms with Crippen LogP contribution in [0, 0.1) is 6.92 Å². The van der Waals surface area contributed by atoms with E-state index in [-0.39, 0.29) is 0 Å². The van der Waals surface area contributed by atoms with E-state index in [4.69, 9.17) is 5.73 Å². The molecule has 1 fully saturated rings. The summed E-state index contributed by atoms with van der Waals surface area (Å²) in [4.78, 5) is 6.68. The van der Waals surface area contributed by atoms with Crippen molar-refractivity contribution in [3.8, 4) is 0 Å². The summed E-state index contributed by atoms with van der Waals surface area (Å²) in [6.07, 6.45) is 7.05. The van der Waals surface area contributed by atoms with Gasteiger partial charge in [0.15, 0.2) is 0 Å². The topological polar surface area (TPSA) is 42.2 Å². The Morgan fingerprint density at radius 3 is 2.67 bits per heavy atom. The van der Waals surface area contributed by atoms with E-state index in [1.54, 1.807) is 6.20 Å². The predicted octanol–water partition coefficient (Wildman–Crippen LogP) is 2.35. The minimum atomic E-state index is 0.667. The monoisotopic (exact) mass is 205 g/mol. The van der Waals surface area contributed by atoms with Gasteiger partial charge in [0.05, 0.1) is 11.9 Å². The summed E-state index contributed by atoms with van der Waals surface area (Å²) in [5.41, 5.74) is 7.65. The number of hydrogen-bond acceptors (Lipinski definition) is 3. The molecule has 1 saturated carbocycles. The van der Waals surface area contributed by atoms with E-state index < -0.39 is 0 Å². The number of nitrogens with zero attached hydrogens (tertiary/aromatic N) is 2. The number of anilines is 2. The first kappa shape index (κ1) is 10.3. The molecule has 0 bridgehead atoms. The fourth-order valence-electron chi connectivity index (χ4n) is 2.22. The van der Waals surface area contributed by atoms with Crippen LogP contribution in [0.5, 0.6) is 0 Å². The van der Waals surface area contributed by atoms with Crippen molar-refractivity contribution in [2.75, 3.05) is 17.7 Å². The summed E-state index contributed by atoms with van der Waals surface area (Å²) in [7, 11) is 2.13. The molecule has 0 aromatic carbocycles. The van der Waals surface area contributed by atoms with Gasteiger partial charge >= 0.3 is 0 Å². The van der Waals surface area contributed by atoms with Crippen molar-refractivity contribution >= 4 is 11.5 Å². The summed E-state index contributed by atoms with van der Waals surface area (Å²) in [6.45, 7) is 2.03. The van der Waals surface area contributed by atoms with Gasteiger partial charge < -0.3 is 10.6 Å². The molecule has 1 heterocycles. The Bertz CT molecular complexity index is 343. The standard InChI is InChI=1S/C12H19N3/c1-9-7-12(14-8-11(9)13)15(2)10-5-3-4-6-10/h7-8,10H,3-6,13H2,1-2H3. The molecule has 3 nitrogen and oxygen atoms in total. The maximum Gasteiger partial charge on any atom is 0.128 e. The lowest BCUT2D eigenvalue weighted by Crippen LogP contribution is -2.29. The Labute approximate surface area is 91.3 Å². The first-order valence-corrected chi connectivity index (χ1v) is 5.63. The van der Waals surface area contributed by atoms with E-state index in [0.29, 0.717) is 6.04 Å². The zero-order chi connectivity index (χ0) is 10.8.